The van der Waals surface area contributed by atoms with E-state index < -0.39 is 38.4 Å². The van der Waals surface area contributed by atoms with E-state index in [4.69, 9.17) is 9.16 Å². The standard InChI is InChI=1S/C29H38N2O6Si/c1-28(2,3)37-26(33)30-19-20-31(27(34)35)22-23(32)14-13-21-36-38(29(4,5)6,24-15-9-7-10-16-24)25-17-11-8-12-18-25/h7-12,15-18H,19-22H2,1-6H3,(H,30,33)(H,34,35). The van der Waals surface area contributed by atoms with E-state index in [1.807, 2.05) is 36.4 Å². The second kappa shape index (κ2) is 13.3. The van der Waals surface area contributed by atoms with Crippen molar-refractivity contribution < 1.29 is 28.7 Å². The SMILES string of the molecule is CC(C)(C)OC(=O)NCCN(CC(=O)C#CCO[Si](c1ccccc1)(c1ccccc1)C(C)(C)C)C(=O)O. The maximum atomic E-state index is 12.5. The van der Waals surface area contributed by atoms with Gasteiger partial charge in [-0.05, 0) is 42.1 Å². The molecule has 0 aliphatic carbocycles. The van der Waals surface area contributed by atoms with Gasteiger partial charge in [0.2, 0.25) is 5.78 Å². The number of carbonyl (C=O) groups is 3. The first-order chi connectivity index (χ1) is 17.8. The fraction of sp³-hybridized carbons (Fsp3) is 0.414. The van der Waals surface area contributed by atoms with Crippen molar-refractivity contribution in [3.8, 4) is 11.8 Å². The maximum Gasteiger partial charge on any atom is 0.407 e. The molecule has 204 valence electrons. The molecule has 2 N–H and O–H groups in total. The third-order valence-corrected chi connectivity index (χ3v) is 10.6. The van der Waals surface area contributed by atoms with Gasteiger partial charge in [0.25, 0.3) is 8.32 Å². The van der Waals surface area contributed by atoms with Crippen LogP contribution in [0.3, 0.4) is 0 Å². The first-order valence-electron chi connectivity index (χ1n) is 12.5. The molecule has 0 saturated heterocycles. The second-order valence-electron chi connectivity index (χ2n) is 10.8. The number of alkyl carbamates (subject to hydrolysis) is 1. The highest BCUT2D eigenvalue weighted by molar-refractivity contribution is 6.99. The molecule has 2 aromatic rings. The molecule has 0 spiro atoms. The molecule has 0 aromatic heterocycles. The van der Waals surface area contributed by atoms with E-state index in [0.717, 1.165) is 15.3 Å². The summed E-state index contributed by atoms with van der Waals surface area (Å²) in [4.78, 5) is 36.7. The summed E-state index contributed by atoms with van der Waals surface area (Å²) in [5.74, 6) is 4.76. The average Bonchev–Trinajstić information content (AvgIpc) is 2.82. The third kappa shape index (κ3) is 8.75. The minimum absolute atomic E-state index is 0.00110. The lowest BCUT2D eigenvalue weighted by Crippen LogP contribution is -2.66. The lowest BCUT2D eigenvalue weighted by Gasteiger charge is -2.42. The largest absolute Gasteiger partial charge is 0.465 e. The Kier molecular flexibility index (Phi) is 10.7. The number of carboxylic acid groups (broad SMARTS) is 1. The van der Waals surface area contributed by atoms with Crippen molar-refractivity contribution in [1.29, 1.82) is 0 Å². The van der Waals surface area contributed by atoms with Crippen molar-refractivity contribution in [2.75, 3.05) is 26.2 Å². The Morgan fingerprint density at radius 3 is 1.89 bits per heavy atom. The summed E-state index contributed by atoms with van der Waals surface area (Å²) >= 11 is 0. The van der Waals surface area contributed by atoms with Crippen LogP contribution in [-0.2, 0) is 14.0 Å². The molecule has 2 rings (SSSR count). The van der Waals surface area contributed by atoms with Crippen LogP contribution in [0.1, 0.15) is 41.5 Å². The highest BCUT2D eigenvalue weighted by Gasteiger charge is 2.50. The first-order valence-corrected chi connectivity index (χ1v) is 14.4. The van der Waals surface area contributed by atoms with Gasteiger partial charge in [0.1, 0.15) is 5.60 Å². The summed E-state index contributed by atoms with van der Waals surface area (Å²) in [6.45, 7) is 11.1. The van der Waals surface area contributed by atoms with Crippen LogP contribution in [0.5, 0.6) is 0 Å². The quantitative estimate of drug-likeness (QED) is 0.287. The van der Waals surface area contributed by atoms with Crippen molar-refractivity contribution in [1.82, 2.24) is 10.2 Å². The molecule has 0 fully saturated rings. The number of hydrogen-bond acceptors (Lipinski definition) is 5. The van der Waals surface area contributed by atoms with Gasteiger partial charge in [-0.2, -0.15) is 0 Å². The summed E-state index contributed by atoms with van der Waals surface area (Å²) in [7, 11) is -2.79. The Morgan fingerprint density at radius 1 is 0.921 bits per heavy atom. The normalized spacial score (nSPS) is 11.6. The zero-order valence-electron chi connectivity index (χ0n) is 23.0. The van der Waals surface area contributed by atoms with Crippen LogP contribution in [-0.4, -0.2) is 68.1 Å². The number of amides is 2. The zero-order valence-corrected chi connectivity index (χ0v) is 24.0. The van der Waals surface area contributed by atoms with Gasteiger partial charge in [-0.3, -0.25) is 9.69 Å². The van der Waals surface area contributed by atoms with Crippen LogP contribution >= 0.6 is 0 Å². The first kappa shape index (κ1) is 30.6. The van der Waals surface area contributed by atoms with Crippen molar-refractivity contribution in [3.05, 3.63) is 60.7 Å². The highest BCUT2D eigenvalue weighted by Crippen LogP contribution is 2.36. The van der Waals surface area contributed by atoms with Crippen LogP contribution in [0.15, 0.2) is 60.7 Å². The number of Topliss-reactive ketones (excluding diaryl/α,β-unsaturated/α-hetero) is 1. The van der Waals surface area contributed by atoms with Gasteiger partial charge in [-0.15, -0.1) is 0 Å². The van der Waals surface area contributed by atoms with E-state index in [0.29, 0.717) is 0 Å². The van der Waals surface area contributed by atoms with E-state index in [1.165, 1.54) is 0 Å². The summed E-state index contributed by atoms with van der Waals surface area (Å²) < 4.78 is 11.7. The molecule has 0 aliphatic rings. The number of nitrogens with one attached hydrogen (secondary N) is 1. The van der Waals surface area contributed by atoms with Crippen LogP contribution in [0, 0.1) is 11.8 Å². The lowest BCUT2D eigenvalue weighted by molar-refractivity contribution is -0.114. The molecule has 38 heavy (non-hydrogen) atoms. The molecule has 2 aromatic carbocycles. The predicted octanol–water partition coefficient (Wildman–Crippen LogP) is 3.64. The Balaban J connectivity index is 2.10. The van der Waals surface area contributed by atoms with Crippen LogP contribution in [0.2, 0.25) is 5.04 Å². The second-order valence-corrected chi connectivity index (χ2v) is 15.1. The van der Waals surface area contributed by atoms with Gasteiger partial charge in [0.15, 0.2) is 0 Å². The molecule has 0 saturated carbocycles. The van der Waals surface area contributed by atoms with Crippen LogP contribution in [0.4, 0.5) is 9.59 Å². The Morgan fingerprint density at radius 2 is 1.45 bits per heavy atom. The average molecular weight is 539 g/mol. The molecule has 9 heteroatoms. The monoisotopic (exact) mass is 538 g/mol. The third-order valence-electron chi connectivity index (χ3n) is 5.66. The Bertz CT molecular complexity index is 1110. The predicted molar refractivity (Wildman–Crippen MR) is 150 cm³/mol. The van der Waals surface area contributed by atoms with Crippen LogP contribution in [0.25, 0.3) is 0 Å². The Labute approximate surface area is 226 Å². The number of ketones is 1. The molecule has 0 atom stereocenters. The minimum atomic E-state index is -2.79. The number of carbonyl (C=O) groups excluding carboxylic acids is 2. The number of rotatable bonds is 9. The Hall–Kier alpha value is -3.61. The number of nitrogens with zero attached hydrogens (tertiary/aromatic N) is 1. The van der Waals surface area contributed by atoms with Gasteiger partial charge in [-0.25, -0.2) is 9.59 Å². The van der Waals surface area contributed by atoms with Gasteiger partial charge < -0.3 is 19.6 Å². The molecule has 0 bridgehead atoms. The van der Waals surface area contributed by atoms with Gasteiger partial charge >= 0.3 is 12.2 Å². The van der Waals surface area contributed by atoms with Crippen LogP contribution < -0.4 is 15.7 Å². The van der Waals surface area contributed by atoms with Crippen molar-refractivity contribution in [2.45, 2.75) is 52.2 Å². The molecule has 0 heterocycles. The molecular weight excluding hydrogens is 500 g/mol. The summed E-state index contributed by atoms with van der Waals surface area (Å²) in [5, 5.41) is 13.9. The molecule has 2 amide bonds. The highest BCUT2D eigenvalue weighted by atomic mass is 28.4. The van der Waals surface area contributed by atoms with Gasteiger partial charge in [0, 0.05) is 13.1 Å². The fourth-order valence-electron chi connectivity index (χ4n) is 4.10. The van der Waals surface area contributed by atoms with Gasteiger partial charge in [-0.1, -0.05) is 87.4 Å². The van der Waals surface area contributed by atoms with Crippen molar-refractivity contribution in [3.63, 3.8) is 0 Å². The minimum Gasteiger partial charge on any atom is -0.465 e. The van der Waals surface area contributed by atoms with Crippen molar-refractivity contribution >= 4 is 36.7 Å². The van der Waals surface area contributed by atoms with Crippen molar-refractivity contribution in [2.24, 2.45) is 0 Å². The molecule has 0 unspecified atom stereocenters. The molecule has 0 radical (unpaired) electrons. The van der Waals surface area contributed by atoms with E-state index in [-0.39, 0.29) is 24.7 Å². The molecule has 0 aliphatic heterocycles. The number of benzene rings is 2. The summed E-state index contributed by atoms with van der Waals surface area (Å²) in [6, 6.07) is 20.2. The molecule has 8 nitrogen and oxygen atoms in total. The van der Waals surface area contributed by atoms with Gasteiger partial charge in [0.05, 0.1) is 13.2 Å². The summed E-state index contributed by atoms with van der Waals surface area (Å²) in [5.41, 5.74) is -0.668. The summed E-state index contributed by atoms with van der Waals surface area (Å²) in [6.07, 6.45) is -1.94. The maximum absolute atomic E-state index is 12.5. The number of hydrogen-bond donors (Lipinski definition) is 2. The number of ether oxygens (including phenoxy) is 1. The van der Waals surface area contributed by atoms with E-state index in [9.17, 15) is 19.5 Å². The topological polar surface area (TPSA) is 105 Å². The van der Waals surface area contributed by atoms with E-state index in [2.05, 4.69) is 62.2 Å². The van der Waals surface area contributed by atoms with E-state index >= 15 is 0 Å². The van der Waals surface area contributed by atoms with E-state index in [1.54, 1.807) is 20.8 Å². The smallest absolute Gasteiger partial charge is 0.407 e. The fourth-order valence-corrected chi connectivity index (χ4v) is 8.55. The zero-order chi connectivity index (χ0) is 28.4. The molecular formula is C29H38N2O6Si. The lowest BCUT2D eigenvalue weighted by atomic mass is 10.2.